The van der Waals surface area contributed by atoms with Crippen molar-refractivity contribution in [3.05, 3.63) is 48.5 Å². The molecule has 0 amide bonds. The maximum absolute atomic E-state index is 5.64. The van der Waals surface area contributed by atoms with Crippen molar-refractivity contribution in [2.75, 3.05) is 43.8 Å². The molecule has 2 aromatic rings. The average Bonchev–Trinajstić information content (AvgIpc) is 2.65. The predicted octanol–water partition coefficient (Wildman–Crippen LogP) is 2.78. The Hall–Kier alpha value is -2.57. The van der Waals surface area contributed by atoms with Gasteiger partial charge in [0.1, 0.15) is 5.75 Å². The molecule has 0 saturated heterocycles. The van der Waals surface area contributed by atoms with Gasteiger partial charge in [0.15, 0.2) is 0 Å². The summed E-state index contributed by atoms with van der Waals surface area (Å²) < 4.78 is 11.2. The van der Waals surface area contributed by atoms with E-state index in [2.05, 4.69) is 21.3 Å². The Morgan fingerprint density at radius 3 is 2.80 bits per heavy atom. The maximum atomic E-state index is 5.64. The van der Waals surface area contributed by atoms with E-state index in [1.165, 1.54) is 0 Å². The van der Waals surface area contributed by atoms with Crippen molar-refractivity contribution in [3.8, 4) is 5.75 Å². The van der Waals surface area contributed by atoms with Crippen LogP contribution in [0.3, 0.4) is 0 Å². The molecule has 0 aliphatic carbocycles. The monoisotopic (exact) mass is 340 g/mol. The quantitative estimate of drug-likeness (QED) is 0.417. The van der Waals surface area contributed by atoms with Crippen LogP contribution in [-0.4, -0.2) is 39.4 Å². The number of anilines is 2. The molecule has 1 aliphatic rings. The first kappa shape index (κ1) is 17.3. The number of nitrogens with two attached hydrogens (primary N) is 1. The standard InChI is InChI=1S/C19H24N4O2/c20-16-6-8-17(9-7-16)25-13-3-12-24-15-21-14-23-11-10-22-18-4-1-2-5-19(18)23/h1-2,4-10,21H,3,11-15,20H2. The summed E-state index contributed by atoms with van der Waals surface area (Å²) >= 11 is 0. The van der Waals surface area contributed by atoms with Crippen LogP contribution in [0.25, 0.3) is 0 Å². The SMILES string of the molecule is Nc1ccc(OCCCOCNCN2CC=Nc3ccccc32)cc1. The minimum Gasteiger partial charge on any atom is -0.494 e. The van der Waals surface area contributed by atoms with Crippen molar-refractivity contribution in [3.63, 3.8) is 0 Å². The van der Waals surface area contributed by atoms with Gasteiger partial charge in [-0.1, -0.05) is 12.1 Å². The number of ether oxygens (including phenoxy) is 2. The average molecular weight is 340 g/mol. The molecule has 0 saturated carbocycles. The lowest BCUT2D eigenvalue weighted by Gasteiger charge is -2.27. The van der Waals surface area contributed by atoms with Gasteiger partial charge in [0.2, 0.25) is 0 Å². The number of nitrogens with zero attached hydrogens (tertiary/aromatic N) is 2. The zero-order valence-electron chi connectivity index (χ0n) is 14.2. The van der Waals surface area contributed by atoms with Crippen LogP contribution < -0.4 is 20.7 Å². The molecule has 0 spiro atoms. The predicted molar refractivity (Wildman–Crippen MR) is 102 cm³/mol. The highest BCUT2D eigenvalue weighted by molar-refractivity contribution is 5.81. The van der Waals surface area contributed by atoms with Crippen molar-refractivity contribution >= 4 is 23.3 Å². The zero-order chi connectivity index (χ0) is 17.3. The van der Waals surface area contributed by atoms with Crippen molar-refractivity contribution in [2.45, 2.75) is 6.42 Å². The Bertz CT molecular complexity index is 688. The Balaban J connectivity index is 1.26. The molecule has 6 nitrogen and oxygen atoms in total. The third-order valence-corrected chi connectivity index (χ3v) is 3.84. The number of hydrogen-bond donors (Lipinski definition) is 2. The number of nitrogen functional groups attached to an aromatic ring is 1. The van der Waals surface area contributed by atoms with Gasteiger partial charge in [0.25, 0.3) is 0 Å². The molecule has 0 radical (unpaired) electrons. The second kappa shape index (κ2) is 9.05. The summed E-state index contributed by atoms with van der Waals surface area (Å²) in [6.45, 7) is 3.32. The van der Waals surface area contributed by atoms with Crippen LogP contribution in [0, 0.1) is 0 Å². The van der Waals surface area contributed by atoms with E-state index in [1.807, 2.05) is 48.7 Å². The summed E-state index contributed by atoms with van der Waals surface area (Å²) in [5, 5.41) is 3.30. The number of aliphatic imine (C=N–C) groups is 1. The second-order valence-electron chi connectivity index (χ2n) is 5.75. The Morgan fingerprint density at radius 1 is 1.08 bits per heavy atom. The van der Waals surface area contributed by atoms with Crippen LogP contribution in [0.2, 0.25) is 0 Å². The summed E-state index contributed by atoms with van der Waals surface area (Å²) in [5.74, 6) is 0.831. The smallest absolute Gasteiger partial charge is 0.119 e. The van der Waals surface area contributed by atoms with E-state index in [0.29, 0.717) is 19.9 Å². The largest absolute Gasteiger partial charge is 0.494 e. The van der Waals surface area contributed by atoms with E-state index < -0.39 is 0 Å². The zero-order valence-corrected chi connectivity index (χ0v) is 14.2. The number of fused-ring (bicyclic) bond motifs is 1. The number of benzene rings is 2. The van der Waals surface area contributed by atoms with Crippen molar-refractivity contribution in [1.82, 2.24) is 5.32 Å². The molecule has 0 fully saturated rings. The molecule has 1 aliphatic heterocycles. The van der Waals surface area contributed by atoms with E-state index in [1.54, 1.807) is 0 Å². The third kappa shape index (κ3) is 5.20. The minimum absolute atomic E-state index is 0.512. The molecule has 3 N–H and O–H groups in total. The van der Waals surface area contributed by atoms with Gasteiger partial charge in [-0.3, -0.25) is 10.3 Å². The number of nitrogens with one attached hydrogen (secondary N) is 1. The van der Waals surface area contributed by atoms with Gasteiger partial charge in [-0.25, -0.2) is 0 Å². The van der Waals surface area contributed by atoms with E-state index in [0.717, 1.165) is 42.4 Å². The maximum Gasteiger partial charge on any atom is 0.119 e. The third-order valence-electron chi connectivity index (χ3n) is 3.84. The highest BCUT2D eigenvalue weighted by Gasteiger charge is 2.12. The molecule has 6 heteroatoms. The van der Waals surface area contributed by atoms with E-state index >= 15 is 0 Å². The fourth-order valence-electron chi connectivity index (χ4n) is 2.57. The van der Waals surface area contributed by atoms with Gasteiger partial charge in [-0.2, -0.15) is 0 Å². The summed E-state index contributed by atoms with van der Waals surface area (Å²) in [4.78, 5) is 6.64. The van der Waals surface area contributed by atoms with Gasteiger partial charge in [-0.15, -0.1) is 0 Å². The number of rotatable bonds is 9. The van der Waals surface area contributed by atoms with Crippen molar-refractivity contribution in [2.24, 2.45) is 4.99 Å². The fraction of sp³-hybridized carbons (Fsp3) is 0.316. The van der Waals surface area contributed by atoms with E-state index in [4.69, 9.17) is 15.2 Å². The van der Waals surface area contributed by atoms with Crippen molar-refractivity contribution < 1.29 is 9.47 Å². The second-order valence-corrected chi connectivity index (χ2v) is 5.75. The Morgan fingerprint density at radius 2 is 1.92 bits per heavy atom. The Labute approximate surface area is 148 Å². The summed E-state index contributed by atoms with van der Waals surface area (Å²) in [6, 6.07) is 15.6. The van der Waals surface area contributed by atoms with Crippen LogP contribution in [0.15, 0.2) is 53.5 Å². The molecule has 3 rings (SSSR count). The number of hydrogen-bond acceptors (Lipinski definition) is 6. The summed E-state index contributed by atoms with van der Waals surface area (Å²) in [5.41, 5.74) is 8.53. The Kier molecular flexibility index (Phi) is 6.25. The lowest BCUT2D eigenvalue weighted by molar-refractivity contribution is 0.104. The molecule has 0 atom stereocenters. The van der Waals surface area contributed by atoms with Crippen LogP contribution in [0.5, 0.6) is 5.75 Å². The fourth-order valence-corrected chi connectivity index (χ4v) is 2.57. The molecule has 2 aromatic carbocycles. The van der Waals surface area contributed by atoms with Crippen LogP contribution >= 0.6 is 0 Å². The van der Waals surface area contributed by atoms with E-state index in [-0.39, 0.29) is 0 Å². The molecular formula is C19H24N4O2. The topological polar surface area (TPSA) is 72.1 Å². The van der Waals surface area contributed by atoms with Gasteiger partial charge < -0.3 is 20.1 Å². The van der Waals surface area contributed by atoms with Gasteiger partial charge >= 0.3 is 0 Å². The first-order valence-corrected chi connectivity index (χ1v) is 8.46. The molecule has 132 valence electrons. The highest BCUT2D eigenvalue weighted by Crippen LogP contribution is 2.29. The molecule has 0 aromatic heterocycles. The molecule has 0 bridgehead atoms. The molecule has 0 unspecified atom stereocenters. The lowest BCUT2D eigenvalue weighted by Crippen LogP contribution is -2.37. The highest BCUT2D eigenvalue weighted by atomic mass is 16.5. The number of para-hydroxylation sites is 2. The summed E-state index contributed by atoms with van der Waals surface area (Å²) in [6.07, 6.45) is 2.77. The molecule has 1 heterocycles. The molecule has 25 heavy (non-hydrogen) atoms. The van der Waals surface area contributed by atoms with Crippen LogP contribution in [0.1, 0.15) is 6.42 Å². The summed E-state index contributed by atoms with van der Waals surface area (Å²) in [7, 11) is 0. The normalized spacial score (nSPS) is 12.9. The first-order valence-electron chi connectivity index (χ1n) is 8.46. The van der Waals surface area contributed by atoms with Gasteiger partial charge in [0, 0.05) is 18.3 Å². The van der Waals surface area contributed by atoms with Crippen molar-refractivity contribution in [1.29, 1.82) is 0 Å². The first-order chi connectivity index (χ1) is 12.3. The van der Waals surface area contributed by atoms with Crippen LogP contribution in [0.4, 0.5) is 17.1 Å². The van der Waals surface area contributed by atoms with Crippen LogP contribution in [-0.2, 0) is 4.74 Å². The molecular weight excluding hydrogens is 316 g/mol. The lowest BCUT2D eigenvalue weighted by atomic mass is 10.2. The van der Waals surface area contributed by atoms with Gasteiger partial charge in [0.05, 0.1) is 44.5 Å². The van der Waals surface area contributed by atoms with Gasteiger partial charge in [-0.05, 0) is 36.4 Å². The van der Waals surface area contributed by atoms with E-state index in [9.17, 15) is 0 Å². The minimum atomic E-state index is 0.512.